The average molecular weight is 517 g/mol. The van der Waals surface area contributed by atoms with Crippen molar-refractivity contribution in [1.29, 1.82) is 0 Å². The number of fused-ring (bicyclic) bond motifs is 3. The highest BCUT2D eigenvalue weighted by Gasteiger charge is 2.13. The van der Waals surface area contributed by atoms with E-state index in [1.807, 2.05) is 65.9 Å². The van der Waals surface area contributed by atoms with E-state index in [-0.39, 0.29) is 0 Å². The maximum Gasteiger partial charge on any atom is 0.140 e. The van der Waals surface area contributed by atoms with E-state index in [4.69, 9.17) is 0 Å². The molecule has 0 aliphatic carbocycles. The Morgan fingerprint density at radius 1 is 0.605 bits per heavy atom. The van der Waals surface area contributed by atoms with Crippen LogP contribution in [0.15, 0.2) is 42.7 Å². The monoisotopic (exact) mass is 516 g/mol. The summed E-state index contributed by atoms with van der Waals surface area (Å²) in [5, 5.41) is 0. The second-order valence-corrected chi connectivity index (χ2v) is 9.19. The molecule has 6 heteroatoms. The zero-order chi connectivity index (χ0) is 28.4. The Morgan fingerprint density at radius 3 is 1.84 bits per heavy atom. The van der Waals surface area contributed by atoms with Crippen molar-refractivity contribution in [2.75, 3.05) is 0 Å². The van der Waals surface area contributed by atoms with Crippen LogP contribution in [0.5, 0.6) is 0 Å². The lowest BCUT2D eigenvalue weighted by Crippen LogP contribution is -2.11. The van der Waals surface area contributed by atoms with Gasteiger partial charge in [-0.3, -0.25) is 0 Å². The molecule has 0 N–H and O–H groups in total. The van der Waals surface area contributed by atoms with E-state index in [9.17, 15) is 0 Å². The molecule has 0 saturated heterocycles. The standard InChI is InChI=1S/C10H12N2.C9H14N2.C9H10N2.2C2H6/c1-7-5-4-6-12-9(3)8(2)11-10(7)12;2*1-7-8(2)11-6-4-3-5-9(11)10-7;2*1-2/h4-6H,1-3H3;3-6H2,1-2H3;3-6H,1-2H3;2*1-2H3. The van der Waals surface area contributed by atoms with Crippen LogP contribution in [0.4, 0.5) is 0 Å². The second kappa shape index (κ2) is 14.5. The average Bonchev–Trinajstić information content (AvgIpc) is 3.53. The molecule has 0 unspecified atom stereocenters. The predicted octanol–water partition coefficient (Wildman–Crippen LogP) is 8.10. The summed E-state index contributed by atoms with van der Waals surface area (Å²) in [6.45, 7) is 23.8. The lowest BCUT2D eigenvalue weighted by molar-refractivity contribution is 0.514. The van der Waals surface area contributed by atoms with Gasteiger partial charge in [0.1, 0.15) is 17.1 Å². The number of pyridine rings is 2. The summed E-state index contributed by atoms with van der Waals surface area (Å²) in [7, 11) is 0. The summed E-state index contributed by atoms with van der Waals surface area (Å²) in [5.74, 6) is 1.30. The quantitative estimate of drug-likeness (QED) is 0.209. The Kier molecular flexibility index (Phi) is 11.8. The second-order valence-electron chi connectivity index (χ2n) is 9.19. The van der Waals surface area contributed by atoms with Crippen LogP contribution in [0.25, 0.3) is 11.3 Å². The van der Waals surface area contributed by atoms with Gasteiger partial charge < -0.3 is 13.4 Å². The predicted molar refractivity (Wildman–Crippen MR) is 161 cm³/mol. The van der Waals surface area contributed by atoms with E-state index < -0.39 is 0 Å². The smallest absolute Gasteiger partial charge is 0.140 e. The van der Waals surface area contributed by atoms with Gasteiger partial charge in [-0.15, -0.1) is 0 Å². The first-order chi connectivity index (χ1) is 18.3. The van der Waals surface area contributed by atoms with Gasteiger partial charge in [-0.2, -0.15) is 0 Å². The van der Waals surface area contributed by atoms with Gasteiger partial charge in [0, 0.05) is 42.4 Å². The van der Waals surface area contributed by atoms with Gasteiger partial charge in [0.25, 0.3) is 0 Å². The van der Waals surface area contributed by atoms with Crippen molar-refractivity contribution in [2.45, 2.75) is 102 Å². The summed E-state index contributed by atoms with van der Waals surface area (Å²) in [6, 6.07) is 10.2. The lowest BCUT2D eigenvalue weighted by atomic mass is 10.2. The molecule has 5 aromatic heterocycles. The van der Waals surface area contributed by atoms with Crippen molar-refractivity contribution in [2.24, 2.45) is 0 Å². The third-order valence-electron chi connectivity index (χ3n) is 6.90. The molecule has 38 heavy (non-hydrogen) atoms. The topological polar surface area (TPSA) is 52.4 Å². The largest absolute Gasteiger partial charge is 0.332 e. The first-order valence-electron chi connectivity index (χ1n) is 14.1. The molecule has 0 saturated carbocycles. The zero-order valence-corrected chi connectivity index (χ0v) is 25.6. The minimum Gasteiger partial charge on any atom is -0.332 e. The highest BCUT2D eigenvalue weighted by Crippen LogP contribution is 2.18. The van der Waals surface area contributed by atoms with Crippen molar-refractivity contribution in [3.8, 4) is 0 Å². The lowest BCUT2D eigenvalue weighted by Gasteiger charge is -2.14. The number of hydrogen-bond donors (Lipinski definition) is 0. The third-order valence-corrected chi connectivity index (χ3v) is 6.90. The Bertz CT molecular complexity index is 1430. The van der Waals surface area contributed by atoms with Gasteiger partial charge in [0.15, 0.2) is 0 Å². The number of imidazole rings is 3. The van der Waals surface area contributed by atoms with Crippen LogP contribution in [-0.2, 0) is 13.0 Å². The molecule has 1 aliphatic heterocycles. The van der Waals surface area contributed by atoms with E-state index in [0.717, 1.165) is 22.7 Å². The van der Waals surface area contributed by atoms with Crippen molar-refractivity contribution in [3.05, 3.63) is 88.3 Å². The molecular formula is C32H48N6. The van der Waals surface area contributed by atoms with Crippen molar-refractivity contribution >= 4 is 11.3 Å². The summed E-state index contributed by atoms with van der Waals surface area (Å²) in [6.07, 6.45) is 7.90. The summed E-state index contributed by atoms with van der Waals surface area (Å²) in [5.41, 5.74) is 10.6. The van der Waals surface area contributed by atoms with Crippen LogP contribution in [0.2, 0.25) is 0 Å². The Balaban J connectivity index is 0.000000188. The molecule has 1 aliphatic rings. The van der Waals surface area contributed by atoms with E-state index in [2.05, 4.69) is 81.3 Å². The van der Waals surface area contributed by atoms with Crippen LogP contribution < -0.4 is 0 Å². The van der Waals surface area contributed by atoms with Crippen molar-refractivity contribution in [3.63, 3.8) is 0 Å². The first kappa shape index (κ1) is 30.8. The number of aryl methyl sites for hydroxylation is 7. The highest BCUT2D eigenvalue weighted by atomic mass is 15.1. The van der Waals surface area contributed by atoms with Crippen molar-refractivity contribution in [1.82, 2.24) is 28.3 Å². The fourth-order valence-electron chi connectivity index (χ4n) is 4.44. The van der Waals surface area contributed by atoms with Gasteiger partial charge in [0.2, 0.25) is 0 Å². The van der Waals surface area contributed by atoms with Crippen LogP contribution in [0.1, 0.15) is 86.1 Å². The highest BCUT2D eigenvalue weighted by molar-refractivity contribution is 5.49. The fourth-order valence-corrected chi connectivity index (χ4v) is 4.44. The van der Waals surface area contributed by atoms with Crippen LogP contribution in [0, 0.1) is 48.5 Å². The van der Waals surface area contributed by atoms with Crippen molar-refractivity contribution < 1.29 is 0 Å². The van der Waals surface area contributed by atoms with Crippen LogP contribution in [0.3, 0.4) is 0 Å². The van der Waals surface area contributed by atoms with Gasteiger partial charge in [-0.1, -0.05) is 39.8 Å². The molecule has 0 atom stereocenters. The van der Waals surface area contributed by atoms with Gasteiger partial charge in [-0.05, 0) is 85.1 Å². The first-order valence-corrected chi connectivity index (χ1v) is 14.1. The summed E-state index contributed by atoms with van der Waals surface area (Å²) in [4.78, 5) is 13.4. The zero-order valence-electron chi connectivity index (χ0n) is 25.6. The normalized spacial score (nSPS) is 11.7. The number of aromatic nitrogens is 6. The van der Waals surface area contributed by atoms with Crippen LogP contribution in [-0.4, -0.2) is 28.3 Å². The van der Waals surface area contributed by atoms with E-state index in [1.54, 1.807) is 0 Å². The summed E-state index contributed by atoms with van der Waals surface area (Å²) >= 11 is 0. The number of nitrogens with zero attached hydrogens (tertiary/aromatic N) is 6. The molecule has 0 radical (unpaired) electrons. The number of hydrogen-bond acceptors (Lipinski definition) is 3. The molecule has 0 amide bonds. The minimum atomic E-state index is 1.03. The molecular weight excluding hydrogens is 468 g/mol. The Morgan fingerprint density at radius 2 is 1.21 bits per heavy atom. The maximum absolute atomic E-state index is 4.51. The SMILES string of the molecule is CC.CC.Cc1nc2c(C)cccn2c1C.Cc1nc2ccccn2c1C.Cc1nc2n(c1C)CCCC2. The fraction of sp³-hybridized carbons (Fsp3) is 0.469. The Labute approximate surface area is 229 Å². The van der Waals surface area contributed by atoms with Gasteiger partial charge in [-0.25, -0.2) is 15.0 Å². The van der Waals surface area contributed by atoms with Gasteiger partial charge in [0.05, 0.1) is 17.1 Å². The molecule has 0 fully saturated rings. The van der Waals surface area contributed by atoms with E-state index >= 15 is 0 Å². The van der Waals surface area contributed by atoms with Crippen LogP contribution >= 0.6 is 0 Å². The molecule has 6 nitrogen and oxygen atoms in total. The van der Waals surface area contributed by atoms with E-state index in [1.165, 1.54) is 60.0 Å². The molecule has 5 aromatic rings. The third kappa shape index (κ3) is 6.91. The maximum atomic E-state index is 4.51. The molecule has 6 rings (SSSR count). The molecule has 6 heterocycles. The molecule has 206 valence electrons. The summed E-state index contributed by atoms with van der Waals surface area (Å²) < 4.78 is 6.58. The Hall–Kier alpha value is -3.41. The molecule has 0 spiro atoms. The number of rotatable bonds is 0. The molecule has 0 aromatic carbocycles. The minimum absolute atomic E-state index is 1.03. The van der Waals surface area contributed by atoms with E-state index in [0.29, 0.717) is 0 Å². The van der Waals surface area contributed by atoms with Gasteiger partial charge >= 0.3 is 0 Å². The molecule has 0 bridgehead atoms.